The van der Waals surface area contributed by atoms with Gasteiger partial charge in [0.25, 0.3) is 0 Å². The molecule has 0 saturated carbocycles. The number of hydrogen-bond donors (Lipinski definition) is 1. The summed E-state index contributed by atoms with van der Waals surface area (Å²) in [7, 11) is 0. The van der Waals surface area contributed by atoms with Crippen LogP contribution in [0.3, 0.4) is 0 Å². The monoisotopic (exact) mass is 229 g/mol. The van der Waals surface area contributed by atoms with Gasteiger partial charge >= 0.3 is 0 Å². The number of rotatable bonds is 5. The minimum absolute atomic E-state index is 0.583. The quantitative estimate of drug-likeness (QED) is 0.797. The van der Waals surface area contributed by atoms with E-state index in [1.54, 1.807) is 30.7 Å². The van der Waals surface area contributed by atoms with Crippen LogP contribution in [0.5, 0.6) is 5.88 Å². The predicted molar refractivity (Wildman–Crippen MR) is 66.7 cm³/mol. The van der Waals surface area contributed by atoms with Gasteiger partial charge in [-0.15, -0.1) is 0 Å². The maximum Gasteiger partial charge on any atom is 0.215 e. The van der Waals surface area contributed by atoms with Crippen molar-refractivity contribution in [1.82, 2.24) is 9.97 Å². The molecule has 0 fully saturated rings. The van der Waals surface area contributed by atoms with Gasteiger partial charge in [-0.25, -0.2) is 4.98 Å². The standard InChI is InChI=1S/C13H15N3O/c14-12-5-8-16-13(10-12)17-9-1-2-11-3-6-15-7-4-11/h3-8,10H,1-2,9H2,(H2,14,16). The van der Waals surface area contributed by atoms with Crippen molar-refractivity contribution >= 4 is 5.69 Å². The summed E-state index contributed by atoms with van der Waals surface area (Å²) in [5.74, 6) is 0.583. The van der Waals surface area contributed by atoms with Crippen LogP contribution in [0.15, 0.2) is 42.9 Å². The van der Waals surface area contributed by atoms with Gasteiger partial charge in [0.15, 0.2) is 0 Å². The Morgan fingerprint density at radius 2 is 1.94 bits per heavy atom. The van der Waals surface area contributed by atoms with Crippen LogP contribution in [0.1, 0.15) is 12.0 Å². The van der Waals surface area contributed by atoms with Gasteiger partial charge in [-0.2, -0.15) is 0 Å². The smallest absolute Gasteiger partial charge is 0.215 e. The summed E-state index contributed by atoms with van der Waals surface area (Å²) in [4.78, 5) is 8.05. The molecule has 88 valence electrons. The molecule has 0 aromatic carbocycles. The lowest BCUT2D eigenvalue weighted by atomic mass is 10.1. The lowest BCUT2D eigenvalue weighted by Crippen LogP contribution is -2.01. The Morgan fingerprint density at radius 1 is 1.12 bits per heavy atom. The fraction of sp³-hybridized carbons (Fsp3) is 0.231. The fourth-order valence-electron chi connectivity index (χ4n) is 1.51. The highest BCUT2D eigenvalue weighted by Crippen LogP contribution is 2.11. The summed E-state index contributed by atoms with van der Waals surface area (Å²) in [6.45, 7) is 0.638. The Morgan fingerprint density at radius 3 is 2.71 bits per heavy atom. The van der Waals surface area contributed by atoms with E-state index >= 15 is 0 Å². The van der Waals surface area contributed by atoms with Gasteiger partial charge in [0, 0.05) is 30.3 Å². The van der Waals surface area contributed by atoms with Crippen molar-refractivity contribution in [3.63, 3.8) is 0 Å². The van der Waals surface area contributed by atoms with Gasteiger partial charge in [0.1, 0.15) is 0 Å². The van der Waals surface area contributed by atoms with Gasteiger partial charge in [0.2, 0.25) is 5.88 Å². The zero-order valence-electron chi connectivity index (χ0n) is 9.54. The van der Waals surface area contributed by atoms with Crippen molar-refractivity contribution in [1.29, 1.82) is 0 Å². The molecule has 0 bridgehead atoms. The number of hydrogen-bond acceptors (Lipinski definition) is 4. The second-order valence-corrected chi connectivity index (χ2v) is 3.73. The van der Waals surface area contributed by atoms with E-state index in [-0.39, 0.29) is 0 Å². The SMILES string of the molecule is Nc1ccnc(OCCCc2ccncc2)c1. The third-order valence-electron chi connectivity index (χ3n) is 2.37. The summed E-state index contributed by atoms with van der Waals surface area (Å²) >= 11 is 0. The summed E-state index contributed by atoms with van der Waals surface area (Å²) in [5.41, 5.74) is 7.57. The van der Waals surface area contributed by atoms with Crippen LogP contribution in [0.4, 0.5) is 5.69 Å². The molecule has 0 aliphatic rings. The molecule has 2 aromatic heterocycles. The highest BCUT2D eigenvalue weighted by atomic mass is 16.5. The zero-order valence-corrected chi connectivity index (χ0v) is 9.54. The number of nitrogen functional groups attached to an aromatic ring is 1. The van der Waals surface area contributed by atoms with Crippen molar-refractivity contribution < 1.29 is 4.74 Å². The van der Waals surface area contributed by atoms with Crippen LogP contribution in [-0.2, 0) is 6.42 Å². The van der Waals surface area contributed by atoms with Crippen LogP contribution in [0.25, 0.3) is 0 Å². The van der Waals surface area contributed by atoms with Crippen molar-refractivity contribution in [3.05, 3.63) is 48.4 Å². The molecule has 0 aliphatic carbocycles. The molecule has 2 N–H and O–H groups in total. The Kier molecular flexibility index (Phi) is 3.91. The Bertz CT molecular complexity index is 459. The Labute approximate surface area is 100 Å². The second-order valence-electron chi connectivity index (χ2n) is 3.73. The zero-order chi connectivity index (χ0) is 11.9. The normalized spacial score (nSPS) is 10.1. The van der Waals surface area contributed by atoms with Gasteiger partial charge in [-0.05, 0) is 36.6 Å². The maximum atomic E-state index is 5.63. The van der Waals surface area contributed by atoms with Gasteiger partial charge < -0.3 is 10.5 Å². The van der Waals surface area contributed by atoms with Crippen LogP contribution in [0, 0.1) is 0 Å². The van der Waals surface area contributed by atoms with Crippen molar-refractivity contribution in [3.8, 4) is 5.88 Å². The molecule has 2 heterocycles. The minimum atomic E-state index is 0.583. The highest BCUT2D eigenvalue weighted by Gasteiger charge is 1.96. The molecule has 0 aliphatic heterocycles. The number of pyridine rings is 2. The van der Waals surface area contributed by atoms with Crippen LogP contribution < -0.4 is 10.5 Å². The van der Waals surface area contributed by atoms with E-state index < -0.39 is 0 Å². The van der Waals surface area contributed by atoms with E-state index in [4.69, 9.17) is 10.5 Å². The van der Waals surface area contributed by atoms with Gasteiger partial charge in [0.05, 0.1) is 6.61 Å². The van der Waals surface area contributed by atoms with E-state index in [1.807, 2.05) is 12.1 Å². The lowest BCUT2D eigenvalue weighted by molar-refractivity contribution is 0.299. The number of nitrogens with two attached hydrogens (primary N) is 1. The second kappa shape index (κ2) is 5.84. The fourth-order valence-corrected chi connectivity index (χ4v) is 1.51. The van der Waals surface area contributed by atoms with Crippen LogP contribution in [0.2, 0.25) is 0 Å². The topological polar surface area (TPSA) is 61.0 Å². The van der Waals surface area contributed by atoms with E-state index in [1.165, 1.54) is 5.56 Å². The molecule has 17 heavy (non-hydrogen) atoms. The first-order valence-electron chi connectivity index (χ1n) is 5.58. The number of nitrogens with zero attached hydrogens (tertiary/aromatic N) is 2. The van der Waals surface area contributed by atoms with E-state index in [2.05, 4.69) is 9.97 Å². The van der Waals surface area contributed by atoms with Crippen molar-refractivity contribution in [2.24, 2.45) is 0 Å². The molecule has 0 amide bonds. The highest BCUT2D eigenvalue weighted by molar-refractivity contribution is 5.39. The van der Waals surface area contributed by atoms with Gasteiger partial charge in [-0.3, -0.25) is 4.98 Å². The molecular weight excluding hydrogens is 214 g/mol. The third-order valence-corrected chi connectivity index (χ3v) is 2.37. The summed E-state index contributed by atoms with van der Waals surface area (Å²) in [6, 6.07) is 7.49. The molecular formula is C13H15N3O. The minimum Gasteiger partial charge on any atom is -0.478 e. The summed E-state index contributed by atoms with van der Waals surface area (Å²) in [6.07, 6.45) is 7.17. The van der Waals surface area contributed by atoms with Crippen LogP contribution >= 0.6 is 0 Å². The molecule has 2 aromatic rings. The Hall–Kier alpha value is -2.10. The maximum absolute atomic E-state index is 5.63. The van der Waals surface area contributed by atoms with E-state index in [0.717, 1.165) is 12.8 Å². The first kappa shape index (κ1) is 11.4. The van der Waals surface area contributed by atoms with Gasteiger partial charge in [-0.1, -0.05) is 0 Å². The number of aromatic nitrogens is 2. The van der Waals surface area contributed by atoms with E-state index in [0.29, 0.717) is 18.2 Å². The average Bonchev–Trinajstić information content (AvgIpc) is 2.36. The molecule has 2 rings (SSSR count). The van der Waals surface area contributed by atoms with Crippen LogP contribution in [-0.4, -0.2) is 16.6 Å². The molecule has 0 spiro atoms. The largest absolute Gasteiger partial charge is 0.478 e. The third kappa shape index (κ3) is 3.75. The first-order valence-corrected chi connectivity index (χ1v) is 5.58. The first-order chi connectivity index (χ1) is 8.34. The molecule has 0 atom stereocenters. The lowest BCUT2D eigenvalue weighted by Gasteiger charge is -2.05. The molecule has 4 heteroatoms. The molecule has 0 radical (unpaired) electrons. The average molecular weight is 229 g/mol. The Balaban J connectivity index is 1.73. The number of ether oxygens (including phenoxy) is 1. The number of anilines is 1. The summed E-state index contributed by atoms with van der Waals surface area (Å²) in [5, 5.41) is 0. The van der Waals surface area contributed by atoms with Crippen molar-refractivity contribution in [2.45, 2.75) is 12.8 Å². The molecule has 4 nitrogen and oxygen atoms in total. The summed E-state index contributed by atoms with van der Waals surface area (Å²) < 4.78 is 5.50. The molecule has 0 unspecified atom stereocenters. The predicted octanol–water partition coefficient (Wildman–Crippen LogP) is 2.07. The number of aryl methyl sites for hydroxylation is 1. The van der Waals surface area contributed by atoms with Crippen molar-refractivity contribution in [2.75, 3.05) is 12.3 Å². The molecule has 0 saturated heterocycles. The van der Waals surface area contributed by atoms with E-state index in [9.17, 15) is 0 Å².